The van der Waals surface area contributed by atoms with Crippen LogP contribution < -0.4 is 5.32 Å². The molecule has 1 heterocycles. The van der Waals surface area contributed by atoms with Crippen LogP contribution in [-0.4, -0.2) is 47.5 Å². The fraction of sp³-hybridized carbons (Fsp3) is 0.731. The standard InChI is InChI=1S/C26H41N3O.H2/c1-19(2)29(20(3)4)25(30)27-24-17-26(23-12-8-7-11-22(23)24)13-15-28(16-14-26)18-21-9-5-6-10-21;/h7-8,11-12,19-21,24H,5-6,9-10,13-18H2,1-4H3,(H,27,30);1H/t24-;/m0./s1. The Balaban J connectivity index is 0.00000272. The molecule has 168 valence electrons. The highest BCUT2D eigenvalue weighted by molar-refractivity contribution is 5.75. The summed E-state index contributed by atoms with van der Waals surface area (Å²) >= 11 is 0. The van der Waals surface area contributed by atoms with E-state index in [4.69, 9.17) is 0 Å². The van der Waals surface area contributed by atoms with Gasteiger partial charge in [-0.15, -0.1) is 0 Å². The Bertz CT molecular complexity index is 728. The van der Waals surface area contributed by atoms with Gasteiger partial charge in [-0.05, 0) is 89.9 Å². The Morgan fingerprint density at radius 3 is 2.40 bits per heavy atom. The number of urea groups is 1. The Labute approximate surface area is 184 Å². The van der Waals surface area contributed by atoms with E-state index in [1.807, 2.05) is 4.90 Å². The summed E-state index contributed by atoms with van der Waals surface area (Å²) in [4.78, 5) is 17.8. The minimum Gasteiger partial charge on any atom is -0.331 e. The van der Waals surface area contributed by atoms with E-state index >= 15 is 0 Å². The number of hydrogen-bond acceptors (Lipinski definition) is 2. The predicted octanol–water partition coefficient (Wildman–Crippen LogP) is 5.73. The first-order chi connectivity index (χ1) is 14.4. The van der Waals surface area contributed by atoms with Crippen molar-refractivity contribution < 1.29 is 6.22 Å². The number of nitrogens with one attached hydrogen (secondary N) is 1. The Kier molecular flexibility index (Phi) is 6.43. The van der Waals surface area contributed by atoms with Gasteiger partial charge >= 0.3 is 6.03 Å². The normalized spacial score (nSPS) is 24.0. The van der Waals surface area contributed by atoms with E-state index in [2.05, 4.69) is 62.2 Å². The molecule has 1 aliphatic heterocycles. The molecular weight excluding hydrogens is 370 g/mol. The van der Waals surface area contributed by atoms with Crippen LogP contribution in [0.5, 0.6) is 0 Å². The number of carbonyl (C=O) groups excluding carboxylic acids is 1. The number of hydrogen-bond donors (Lipinski definition) is 1. The van der Waals surface area contributed by atoms with Crippen molar-refractivity contribution in [1.82, 2.24) is 15.1 Å². The first-order valence-corrected chi connectivity index (χ1v) is 12.3. The zero-order valence-corrected chi connectivity index (χ0v) is 19.5. The zero-order chi connectivity index (χ0) is 21.3. The van der Waals surface area contributed by atoms with Crippen molar-refractivity contribution in [3.8, 4) is 0 Å². The molecule has 1 aromatic carbocycles. The molecule has 4 heteroatoms. The van der Waals surface area contributed by atoms with Crippen LogP contribution in [0.4, 0.5) is 4.79 Å². The maximum Gasteiger partial charge on any atom is 0.318 e. The molecule has 1 N–H and O–H groups in total. The van der Waals surface area contributed by atoms with Crippen molar-refractivity contribution in [1.29, 1.82) is 0 Å². The van der Waals surface area contributed by atoms with E-state index in [0.29, 0.717) is 0 Å². The van der Waals surface area contributed by atoms with Crippen molar-refractivity contribution in [2.24, 2.45) is 5.92 Å². The molecular formula is C26H43N3O. The molecule has 0 bridgehead atoms. The first-order valence-electron chi connectivity index (χ1n) is 12.3. The Morgan fingerprint density at radius 1 is 1.13 bits per heavy atom. The van der Waals surface area contributed by atoms with Crippen molar-refractivity contribution in [2.75, 3.05) is 19.6 Å². The van der Waals surface area contributed by atoms with Gasteiger partial charge in [0.25, 0.3) is 0 Å². The summed E-state index contributed by atoms with van der Waals surface area (Å²) < 4.78 is 0. The van der Waals surface area contributed by atoms with E-state index in [1.165, 1.54) is 69.3 Å². The minimum absolute atomic E-state index is 0. The highest BCUT2D eigenvalue weighted by Crippen LogP contribution is 2.51. The zero-order valence-electron chi connectivity index (χ0n) is 19.5. The third kappa shape index (κ3) is 4.26. The number of rotatable bonds is 5. The molecule has 1 aromatic rings. The van der Waals surface area contributed by atoms with Crippen molar-refractivity contribution in [2.45, 2.75) is 96.2 Å². The molecule has 0 aromatic heterocycles. The lowest BCUT2D eigenvalue weighted by molar-refractivity contribution is 0.132. The van der Waals surface area contributed by atoms with E-state index in [-0.39, 0.29) is 31.0 Å². The van der Waals surface area contributed by atoms with Gasteiger partial charge in [0.05, 0.1) is 6.04 Å². The third-order valence-electron chi connectivity index (χ3n) is 7.95. The number of carbonyl (C=O) groups is 1. The Morgan fingerprint density at radius 2 is 1.77 bits per heavy atom. The summed E-state index contributed by atoms with van der Waals surface area (Å²) in [5.41, 5.74) is 3.08. The summed E-state index contributed by atoms with van der Waals surface area (Å²) in [7, 11) is 0. The molecule has 4 nitrogen and oxygen atoms in total. The van der Waals surface area contributed by atoms with Gasteiger partial charge in [-0.1, -0.05) is 37.1 Å². The molecule has 0 unspecified atom stereocenters. The average Bonchev–Trinajstić information content (AvgIpc) is 3.31. The fourth-order valence-corrected chi connectivity index (χ4v) is 6.51. The second-order valence-electron chi connectivity index (χ2n) is 10.6. The van der Waals surface area contributed by atoms with Crippen LogP contribution in [0.25, 0.3) is 0 Å². The van der Waals surface area contributed by atoms with Crippen LogP contribution in [0.2, 0.25) is 0 Å². The SMILES string of the molecule is CC(C)N(C(=O)N[C@H]1CC2(CCN(CC3CCCC3)CC2)c2ccccc21)C(C)C.[HH]. The average molecular weight is 414 g/mol. The summed E-state index contributed by atoms with van der Waals surface area (Å²) in [5, 5.41) is 3.41. The topological polar surface area (TPSA) is 35.6 Å². The van der Waals surface area contributed by atoms with Crippen LogP contribution in [0, 0.1) is 5.92 Å². The summed E-state index contributed by atoms with van der Waals surface area (Å²) in [5.74, 6) is 0.931. The highest BCUT2D eigenvalue weighted by atomic mass is 16.2. The molecule has 2 aliphatic carbocycles. The van der Waals surface area contributed by atoms with Gasteiger partial charge in [-0.2, -0.15) is 0 Å². The van der Waals surface area contributed by atoms with Gasteiger partial charge in [-0.25, -0.2) is 4.79 Å². The molecule has 4 rings (SSSR count). The second kappa shape index (κ2) is 8.90. The Hall–Kier alpha value is -1.55. The fourth-order valence-electron chi connectivity index (χ4n) is 6.51. The molecule has 1 spiro atoms. The molecule has 1 saturated carbocycles. The van der Waals surface area contributed by atoms with Gasteiger partial charge in [0.15, 0.2) is 0 Å². The molecule has 2 fully saturated rings. The van der Waals surface area contributed by atoms with E-state index in [1.54, 1.807) is 0 Å². The van der Waals surface area contributed by atoms with Gasteiger partial charge in [0.1, 0.15) is 0 Å². The lowest BCUT2D eigenvalue weighted by Gasteiger charge is -2.41. The van der Waals surface area contributed by atoms with Crippen LogP contribution in [0.1, 0.15) is 91.2 Å². The van der Waals surface area contributed by atoms with Crippen LogP contribution >= 0.6 is 0 Å². The van der Waals surface area contributed by atoms with Gasteiger partial charge in [-0.3, -0.25) is 0 Å². The number of benzene rings is 1. The quantitative estimate of drug-likeness (QED) is 0.669. The number of amides is 2. The van der Waals surface area contributed by atoms with Gasteiger partial charge in [0, 0.05) is 25.5 Å². The van der Waals surface area contributed by atoms with Crippen LogP contribution in [0.3, 0.4) is 0 Å². The molecule has 1 saturated heterocycles. The molecule has 0 radical (unpaired) electrons. The molecule has 2 amide bonds. The predicted molar refractivity (Wildman–Crippen MR) is 126 cm³/mol. The maximum atomic E-state index is 13.1. The lowest BCUT2D eigenvalue weighted by atomic mass is 9.73. The van der Waals surface area contributed by atoms with Crippen molar-refractivity contribution >= 4 is 6.03 Å². The van der Waals surface area contributed by atoms with Crippen molar-refractivity contribution in [3.05, 3.63) is 35.4 Å². The molecule has 30 heavy (non-hydrogen) atoms. The smallest absolute Gasteiger partial charge is 0.318 e. The minimum atomic E-state index is 0. The van der Waals surface area contributed by atoms with Gasteiger partial charge < -0.3 is 15.1 Å². The first kappa shape index (κ1) is 21.7. The van der Waals surface area contributed by atoms with Crippen molar-refractivity contribution in [3.63, 3.8) is 0 Å². The third-order valence-corrected chi connectivity index (χ3v) is 7.95. The number of piperidine rings is 1. The van der Waals surface area contributed by atoms with Gasteiger partial charge in [0.2, 0.25) is 0 Å². The largest absolute Gasteiger partial charge is 0.331 e. The van der Waals surface area contributed by atoms with E-state index in [9.17, 15) is 4.79 Å². The maximum absolute atomic E-state index is 13.1. The second-order valence-corrected chi connectivity index (χ2v) is 10.6. The van der Waals surface area contributed by atoms with E-state index in [0.717, 1.165) is 12.3 Å². The molecule has 1 atom stereocenters. The van der Waals surface area contributed by atoms with E-state index < -0.39 is 0 Å². The number of fused-ring (bicyclic) bond motifs is 2. The summed E-state index contributed by atoms with van der Waals surface area (Å²) in [6.45, 7) is 12.1. The summed E-state index contributed by atoms with van der Waals surface area (Å²) in [6.07, 6.45) is 9.23. The molecule has 3 aliphatic rings. The number of likely N-dealkylation sites (tertiary alicyclic amines) is 1. The highest BCUT2D eigenvalue weighted by Gasteiger charge is 2.46. The van der Waals surface area contributed by atoms with Crippen LogP contribution in [0.15, 0.2) is 24.3 Å². The summed E-state index contributed by atoms with van der Waals surface area (Å²) in [6, 6.07) is 9.51. The lowest BCUT2D eigenvalue weighted by Crippen LogP contribution is -2.49. The number of nitrogens with zero attached hydrogens (tertiary/aromatic N) is 2. The monoisotopic (exact) mass is 413 g/mol. The van der Waals surface area contributed by atoms with Crippen LogP contribution in [-0.2, 0) is 5.41 Å².